The average Bonchev–Trinajstić information content (AvgIpc) is 3.40. The van der Waals surface area contributed by atoms with Crippen LogP contribution in [0.3, 0.4) is 0 Å². The van der Waals surface area contributed by atoms with Gasteiger partial charge in [-0.15, -0.1) is 0 Å². The van der Waals surface area contributed by atoms with E-state index in [1.54, 1.807) is 36.4 Å². The summed E-state index contributed by atoms with van der Waals surface area (Å²) in [7, 11) is 0. The van der Waals surface area contributed by atoms with Gasteiger partial charge in [0.05, 0.1) is 23.9 Å². The van der Waals surface area contributed by atoms with Crippen molar-refractivity contribution in [3.05, 3.63) is 123 Å². The topological polar surface area (TPSA) is 60.4 Å². The molecule has 196 valence electrons. The molecule has 6 nitrogen and oxygen atoms in total. The number of nitrogens with zero attached hydrogens (tertiary/aromatic N) is 2. The highest BCUT2D eigenvalue weighted by atomic mass is 79.9. The van der Waals surface area contributed by atoms with Crippen molar-refractivity contribution in [3.63, 3.8) is 0 Å². The molecule has 2 heterocycles. The van der Waals surface area contributed by atoms with Gasteiger partial charge < -0.3 is 14.2 Å². The van der Waals surface area contributed by atoms with Crippen LogP contribution in [-0.4, -0.2) is 23.3 Å². The molecule has 2 atom stereocenters. The maximum atomic E-state index is 12.5. The van der Waals surface area contributed by atoms with Crippen molar-refractivity contribution in [1.29, 1.82) is 0 Å². The van der Waals surface area contributed by atoms with Crippen molar-refractivity contribution < 1.29 is 19.0 Å². The molecular weight excluding hydrogens is 580 g/mol. The van der Waals surface area contributed by atoms with Crippen LogP contribution >= 0.6 is 27.5 Å². The molecule has 39 heavy (non-hydrogen) atoms. The Hall–Kier alpha value is -3.81. The zero-order chi connectivity index (χ0) is 26.9. The van der Waals surface area contributed by atoms with Crippen LogP contribution in [-0.2, 0) is 0 Å². The van der Waals surface area contributed by atoms with Gasteiger partial charge >= 0.3 is 5.97 Å². The Kier molecular flexibility index (Phi) is 7.02. The highest BCUT2D eigenvalue weighted by Crippen LogP contribution is 2.48. The lowest BCUT2D eigenvalue weighted by Crippen LogP contribution is -2.33. The van der Waals surface area contributed by atoms with E-state index in [1.807, 2.05) is 66.5 Å². The molecule has 8 heteroatoms. The number of rotatable bonds is 6. The summed E-state index contributed by atoms with van der Waals surface area (Å²) in [5.41, 5.74) is 4.36. The second-order valence-electron chi connectivity index (χ2n) is 9.22. The normalized spacial score (nSPS) is 17.5. The van der Waals surface area contributed by atoms with Crippen molar-refractivity contribution in [1.82, 2.24) is 5.01 Å². The van der Waals surface area contributed by atoms with Crippen LogP contribution < -0.4 is 14.2 Å². The van der Waals surface area contributed by atoms with E-state index >= 15 is 0 Å². The summed E-state index contributed by atoms with van der Waals surface area (Å²) < 4.78 is 18.5. The summed E-state index contributed by atoms with van der Waals surface area (Å²) in [6.45, 7) is 2.59. The van der Waals surface area contributed by atoms with E-state index < -0.39 is 12.2 Å². The number of carbonyl (C=O) groups is 1. The smallest absolute Gasteiger partial charge is 0.343 e. The minimum Gasteiger partial charge on any atom is -0.494 e. The third-order valence-corrected chi connectivity index (χ3v) is 7.47. The third-order valence-electron chi connectivity index (χ3n) is 6.71. The maximum absolute atomic E-state index is 12.5. The van der Waals surface area contributed by atoms with Crippen LogP contribution in [0, 0.1) is 0 Å². The summed E-state index contributed by atoms with van der Waals surface area (Å²) in [6, 6.07) is 28.0. The molecule has 0 saturated carbocycles. The van der Waals surface area contributed by atoms with E-state index in [0.717, 1.165) is 38.4 Å². The molecule has 2 aliphatic rings. The molecule has 0 spiro atoms. The Morgan fingerprint density at radius 2 is 1.72 bits per heavy atom. The number of fused-ring (bicyclic) bond motifs is 3. The van der Waals surface area contributed by atoms with E-state index in [1.165, 1.54) is 0 Å². The van der Waals surface area contributed by atoms with Crippen molar-refractivity contribution in [2.75, 3.05) is 6.61 Å². The molecule has 6 rings (SSSR count). The molecule has 0 aliphatic carbocycles. The monoisotopic (exact) mass is 602 g/mol. The minimum atomic E-state index is -0.458. The zero-order valence-electron chi connectivity index (χ0n) is 21.0. The molecule has 0 saturated heterocycles. The standard InChI is InChI=1S/C31H24BrClN2O4/c1-2-37-24-12-5-19(6-13-24)27-18-28-26-17-23(33)11-16-29(26)39-30(35(28)34-27)20-7-14-25(15-8-20)38-31(36)21-3-9-22(32)10-4-21/h3-17,28,30H,2,18H2,1H3. The van der Waals surface area contributed by atoms with Crippen molar-refractivity contribution in [3.8, 4) is 17.2 Å². The van der Waals surface area contributed by atoms with E-state index in [-0.39, 0.29) is 6.04 Å². The molecule has 0 radical (unpaired) electrons. The van der Waals surface area contributed by atoms with Gasteiger partial charge in [0, 0.05) is 27.0 Å². The minimum absolute atomic E-state index is 0.0334. The molecule has 0 bridgehead atoms. The molecule has 0 amide bonds. The quantitative estimate of drug-likeness (QED) is 0.165. The van der Waals surface area contributed by atoms with Crippen LogP contribution in [0.2, 0.25) is 5.02 Å². The van der Waals surface area contributed by atoms with Gasteiger partial charge in [-0.2, -0.15) is 5.10 Å². The van der Waals surface area contributed by atoms with Gasteiger partial charge in [-0.1, -0.05) is 27.5 Å². The number of hydrogen-bond donors (Lipinski definition) is 0. The number of ether oxygens (including phenoxy) is 3. The number of carbonyl (C=O) groups excluding carboxylic acids is 1. The highest BCUT2D eigenvalue weighted by molar-refractivity contribution is 9.10. The summed E-state index contributed by atoms with van der Waals surface area (Å²) in [5.74, 6) is 1.64. The fraction of sp³-hybridized carbons (Fsp3) is 0.161. The average molecular weight is 604 g/mol. The van der Waals surface area contributed by atoms with Crippen molar-refractivity contribution in [2.45, 2.75) is 25.6 Å². The molecule has 2 unspecified atom stereocenters. The number of hydrazone groups is 1. The second kappa shape index (κ2) is 10.8. The Labute approximate surface area is 239 Å². The van der Waals surface area contributed by atoms with Crippen molar-refractivity contribution in [2.24, 2.45) is 5.10 Å². The van der Waals surface area contributed by atoms with Crippen LogP contribution in [0.5, 0.6) is 17.2 Å². The SMILES string of the molecule is CCOc1ccc(C2=NN3C(C2)c2cc(Cl)ccc2OC3c2ccc(OC(=O)c3ccc(Br)cc3)cc2)cc1. The van der Waals surface area contributed by atoms with E-state index in [2.05, 4.69) is 15.9 Å². The lowest BCUT2D eigenvalue weighted by atomic mass is 9.96. The van der Waals surface area contributed by atoms with E-state index in [0.29, 0.717) is 29.4 Å². The fourth-order valence-corrected chi connectivity index (χ4v) is 5.26. The van der Waals surface area contributed by atoms with Crippen LogP contribution in [0.4, 0.5) is 0 Å². The van der Waals surface area contributed by atoms with Crippen LogP contribution in [0.15, 0.2) is 101 Å². The van der Waals surface area contributed by atoms with Gasteiger partial charge in [-0.25, -0.2) is 9.80 Å². The molecule has 0 aromatic heterocycles. The first-order chi connectivity index (χ1) is 19.0. The maximum Gasteiger partial charge on any atom is 0.343 e. The molecule has 4 aromatic carbocycles. The summed E-state index contributed by atoms with van der Waals surface area (Å²) >= 11 is 9.74. The van der Waals surface area contributed by atoms with E-state index in [9.17, 15) is 4.79 Å². The summed E-state index contributed by atoms with van der Waals surface area (Å²) in [6.07, 6.45) is 0.254. The van der Waals surface area contributed by atoms with Crippen LogP contribution in [0.1, 0.15) is 52.7 Å². The second-order valence-corrected chi connectivity index (χ2v) is 10.6. The van der Waals surface area contributed by atoms with Crippen LogP contribution in [0.25, 0.3) is 0 Å². The van der Waals surface area contributed by atoms with Gasteiger partial charge in [-0.05, 0) is 103 Å². The molecule has 0 fully saturated rings. The lowest BCUT2D eigenvalue weighted by Gasteiger charge is -2.38. The lowest BCUT2D eigenvalue weighted by molar-refractivity contribution is -0.0190. The number of esters is 1. The summed E-state index contributed by atoms with van der Waals surface area (Å²) in [4.78, 5) is 12.5. The van der Waals surface area contributed by atoms with E-state index in [4.69, 9.17) is 30.9 Å². The third kappa shape index (κ3) is 5.24. The first kappa shape index (κ1) is 25.5. The first-order valence-corrected chi connectivity index (χ1v) is 13.8. The fourth-order valence-electron chi connectivity index (χ4n) is 4.82. The highest BCUT2D eigenvalue weighted by Gasteiger charge is 2.41. The predicted molar refractivity (Wildman–Crippen MR) is 154 cm³/mol. The molecule has 0 N–H and O–H groups in total. The molecule has 2 aliphatic heterocycles. The zero-order valence-corrected chi connectivity index (χ0v) is 23.4. The molecular formula is C31H24BrClN2O4. The predicted octanol–water partition coefficient (Wildman–Crippen LogP) is 7.96. The molecule has 4 aromatic rings. The Bertz CT molecular complexity index is 1540. The van der Waals surface area contributed by atoms with Gasteiger partial charge in [-0.3, -0.25) is 0 Å². The van der Waals surface area contributed by atoms with Gasteiger partial charge in [0.2, 0.25) is 6.23 Å². The number of benzene rings is 4. The van der Waals surface area contributed by atoms with Crippen molar-refractivity contribution >= 4 is 39.2 Å². The summed E-state index contributed by atoms with van der Waals surface area (Å²) in [5, 5.41) is 7.66. The van der Waals surface area contributed by atoms with Gasteiger partial charge in [0.15, 0.2) is 0 Å². The Morgan fingerprint density at radius 3 is 2.44 bits per heavy atom. The largest absolute Gasteiger partial charge is 0.494 e. The number of halogens is 2. The number of hydrogen-bond acceptors (Lipinski definition) is 6. The Balaban J connectivity index is 1.28. The Morgan fingerprint density at radius 1 is 1.00 bits per heavy atom. The van der Waals surface area contributed by atoms with Gasteiger partial charge in [0.25, 0.3) is 0 Å². The van der Waals surface area contributed by atoms with Gasteiger partial charge in [0.1, 0.15) is 17.2 Å². The first-order valence-electron chi connectivity index (χ1n) is 12.6.